The van der Waals surface area contributed by atoms with Crippen molar-refractivity contribution in [1.82, 2.24) is 10.2 Å². The van der Waals surface area contributed by atoms with E-state index in [2.05, 4.69) is 21.2 Å². The summed E-state index contributed by atoms with van der Waals surface area (Å²) in [6, 6.07) is 28.5. The van der Waals surface area contributed by atoms with Crippen LogP contribution in [-0.2, 0) is 32.6 Å². The summed E-state index contributed by atoms with van der Waals surface area (Å²) in [5.41, 5.74) is 1.84. The Labute approximate surface area is 290 Å². The summed E-state index contributed by atoms with van der Waals surface area (Å²) in [6.45, 7) is 4.05. The Morgan fingerprint density at radius 2 is 1.57 bits per heavy atom. The molecule has 1 unspecified atom stereocenters. The minimum atomic E-state index is -4.30. The van der Waals surface area contributed by atoms with Crippen molar-refractivity contribution in [2.24, 2.45) is 0 Å². The van der Waals surface area contributed by atoms with E-state index in [1.807, 2.05) is 61.5 Å². The molecule has 0 aromatic heterocycles. The van der Waals surface area contributed by atoms with Gasteiger partial charge in [-0.3, -0.25) is 13.9 Å². The van der Waals surface area contributed by atoms with Crippen molar-refractivity contribution in [3.63, 3.8) is 0 Å². The molecule has 0 bridgehead atoms. The third-order valence-electron chi connectivity index (χ3n) is 7.46. The number of unbranched alkanes of at least 4 members (excludes halogenated alkanes) is 1. The number of ether oxygens (including phenoxy) is 1. The molecule has 4 rings (SSSR count). The van der Waals surface area contributed by atoms with Crippen molar-refractivity contribution in [1.29, 1.82) is 0 Å². The fraction of sp³-hybridized carbons (Fsp3) is 0.278. The summed E-state index contributed by atoms with van der Waals surface area (Å²) in [5, 5.41) is 3.38. The van der Waals surface area contributed by atoms with Crippen molar-refractivity contribution < 1.29 is 22.7 Å². The van der Waals surface area contributed by atoms with E-state index < -0.39 is 28.5 Å². The minimum absolute atomic E-state index is 0.0438. The molecular formula is C36H39BrClN3O5S. The number of carbonyl (C=O) groups excluding carboxylic acids is 2. The van der Waals surface area contributed by atoms with Crippen LogP contribution in [0.2, 0.25) is 5.02 Å². The Hall–Kier alpha value is -3.86. The zero-order valence-electron chi connectivity index (χ0n) is 26.4. The molecule has 4 aromatic rings. The minimum Gasteiger partial charge on any atom is -0.492 e. The third kappa shape index (κ3) is 9.82. The highest BCUT2D eigenvalue weighted by Crippen LogP contribution is 2.33. The maximum Gasteiger partial charge on any atom is 0.264 e. The second kappa shape index (κ2) is 17.3. The number of hydrogen-bond acceptors (Lipinski definition) is 5. The Morgan fingerprint density at radius 3 is 2.26 bits per heavy atom. The Morgan fingerprint density at radius 1 is 0.894 bits per heavy atom. The van der Waals surface area contributed by atoms with Crippen LogP contribution >= 0.6 is 27.5 Å². The summed E-state index contributed by atoms with van der Waals surface area (Å²) in [6.07, 6.45) is 1.91. The first kappa shape index (κ1) is 36.0. The van der Waals surface area contributed by atoms with Crippen LogP contribution in [0.4, 0.5) is 5.69 Å². The molecule has 0 radical (unpaired) electrons. The van der Waals surface area contributed by atoms with Crippen LogP contribution in [-0.4, -0.2) is 50.9 Å². The molecule has 248 valence electrons. The van der Waals surface area contributed by atoms with Crippen molar-refractivity contribution in [3.05, 3.63) is 124 Å². The highest BCUT2D eigenvalue weighted by atomic mass is 79.9. The molecule has 0 saturated carbocycles. The predicted octanol–water partition coefficient (Wildman–Crippen LogP) is 7.25. The van der Waals surface area contributed by atoms with E-state index in [0.717, 1.165) is 32.7 Å². The lowest BCUT2D eigenvalue weighted by atomic mass is 10.0. The molecule has 0 aliphatic carbocycles. The van der Waals surface area contributed by atoms with Crippen LogP contribution in [0, 0.1) is 0 Å². The normalized spacial score (nSPS) is 11.8. The fourth-order valence-corrected chi connectivity index (χ4v) is 7.08. The first-order valence-electron chi connectivity index (χ1n) is 15.5. The van der Waals surface area contributed by atoms with Gasteiger partial charge in [0, 0.05) is 29.0 Å². The monoisotopic (exact) mass is 739 g/mol. The summed E-state index contributed by atoms with van der Waals surface area (Å²) in [5.74, 6) is -0.565. The molecule has 2 amide bonds. The largest absolute Gasteiger partial charge is 0.492 e. The van der Waals surface area contributed by atoms with Gasteiger partial charge < -0.3 is 15.0 Å². The first-order valence-corrected chi connectivity index (χ1v) is 18.1. The van der Waals surface area contributed by atoms with Crippen molar-refractivity contribution >= 4 is 55.1 Å². The summed E-state index contributed by atoms with van der Waals surface area (Å²) < 4.78 is 36.3. The van der Waals surface area contributed by atoms with Crippen LogP contribution in [0.3, 0.4) is 0 Å². The average Bonchev–Trinajstić information content (AvgIpc) is 3.06. The van der Waals surface area contributed by atoms with Gasteiger partial charge in [0.25, 0.3) is 10.0 Å². The van der Waals surface area contributed by atoms with E-state index in [-0.39, 0.29) is 36.1 Å². The molecule has 0 spiro atoms. The topological polar surface area (TPSA) is 96.0 Å². The van der Waals surface area contributed by atoms with Gasteiger partial charge in [-0.1, -0.05) is 95.5 Å². The lowest BCUT2D eigenvalue weighted by molar-refractivity contribution is -0.140. The molecule has 8 nitrogen and oxygen atoms in total. The van der Waals surface area contributed by atoms with Crippen LogP contribution in [0.15, 0.2) is 112 Å². The molecule has 1 atom stereocenters. The van der Waals surface area contributed by atoms with Crippen molar-refractivity contribution in [3.8, 4) is 5.75 Å². The highest BCUT2D eigenvalue weighted by Gasteiger charge is 2.35. The highest BCUT2D eigenvalue weighted by molar-refractivity contribution is 9.10. The Kier molecular flexibility index (Phi) is 13.3. The van der Waals surface area contributed by atoms with Crippen molar-refractivity contribution in [2.75, 3.05) is 24.0 Å². The number of para-hydroxylation sites is 2. The van der Waals surface area contributed by atoms with Gasteiger partial charge in [0.05, 0.1) is 17.2 Å². The standard InChI is InChI=1S/C36H39BrClN3O5S/c1-3-5-22-39-36(43)33(24-27-12-7-6-8-13-27)40(25-28-14-11-15-29(37)23-28)35(42)26-41(32-16-9-10-17-34(32)46-4-2)47(44,45)31-20-18-30(38)19-21-31/h6-21,23,33H,3-5,22,24-26H2,1-2H3,(H,39,43). The maximum atomic E-state index is 14.6. The molecule has 0 saturated heterocycles. The zero-order chi connectivity index (χ0) is 33.8. The van der Waals surface area contributed by atoms with Gasteiger partial charge in [0.15, 0.2) is 0 Å². The maximum absolute atomic E-state index is 14.6. The number of rotatable bonds is 16. The summed E-state index contributed by atoms with van der Waals surface area (Å²) in [4.78, 5) is 30.0. The van der Waals surface area contributed by atoms with Gasteiger partial charge in [0.2, 0.25) is 11.8 Å². The van der Waals surface area contributed by atoms with Gasteiger partial charge in [-0.05, 0) is 73.0 Å². The van der Waals surface area contributed by atoms with E-state index in [4.69, 9.17) is 16.3 Å². The Balaban J connectivity index is 1.83. The fourth-order valence-electron chi connectivity index (χ4n) is 5.08. The van der Waals surface area contributed by atoms with Gasteiger partial charge in [-0.25, -0.2) is 8.42 Å². The van der Waals surface area contributed by atoms with E-state index in [0.29, 0.717) is 17.3 Å². The number of nitrogens with one attached hydrogen (secondary N) is 1. The smallest absolute Gasteiger partial charge is 0.264 e. The number of amides is 2. The molecule has 0 fully saturated rings. The number of anilines is 1. The predicted molar refractivity (Wildman–Crippen MR) is 190 cm³/mol. The van der Waals surface area contributed by atoms with Gasteiger partial charge >= 0.3 is 0 Å². The zero-order valence-corrected chi connectivity index (χ0v) is 29.6. The quantitative estimate of drug-likeness (QED) is 0.122. The molecule has 0 heterocycles. The molecule has 1 N–H and O–H groups in total. The number of hydrogen-bond donors (Lipinski definition) is 1. The summed E-state index contributed by atoms with van der Waals surface area (Å²) >= 11 is 9.59. The Bertz CT molecular complexity index is 1740. The molecule has 4 aromatic carbocycles. The molecule has 11 heteroatoms. The second-order valence-corrected chi connectivity index (χ2v) is 14.1. The summed E-state index contributed by atoms with van der Waals surface area (Å²) in [7, 11) is -4.30. The van der Waals surface area contributed by atoms with Gasteiger partial charge in [-0.2, -0.15) is 0 Å². The van der Waals surface area contributed by atoms with Gasteiger partial charge in [0.1, 0.15) is 18.3 Å². The molecular weight excluding hydrogens is 702 g/mol. The number of sulfonamides is 1. The molecule has 0 aliphatic rings. The lowest BCUT2D eigenvalue weighted by Gasteiger charge is -2.34. The van der Waals surface area contributed by atoms with E-state index >= 15 is 0 Å². The van der Waals surface area contributed by atoms with Crippen LogP contribution < -0.4 is 14.4 Å². The van der Waals surface area contributed by atoms with E-state index in [1.165, 1.54) is 29.2 Å². The number of halogens is 2. The third-order valence-corrected chi connectivity index (χ3v) is 9.98. The van der Waals surface area contributed by atoms with Crippen molar-refractivity contribution in [2.45, 2.75) is 50.6 Å². The average molecular weight is 741 g/mol. The molecule has 47 heavy (non-hydrogen) atoms. The van der Waals surface area contributed by atoms with Crippen LogP contribution in [0.5, 0.6) is 5.75 Å². The number of benzene rings is 4. The first-order chi connectivity index (χ1) is 22.6. The number of carbonyl (C=O) groups is 2. The second-order valence-electron chi connectivity index (χ2n) is 10.9. The van der Waals surface area contributed by atoms with E-state index in [1.54, 1.807) is 31.2 Å². The van der Waals surface area contributed by atoms with Gasteiger partial charge in [-0.15, -0.1) is 0 Å². The lowest BCUT2D eigenvalue weighted by Crippen LogP contribution is -2.53. The van der Waals surface area contributed by atoms with Crippen LogP contribution in [0.1, 0.15) is 37.8 Å². The van der Waals surface area contributed by atoms with Crippen LogP contribution in [0.25, 0.3) is 0 Å². The van der Waals surface area contributed by atoms with E-state index in [9.17, 15) is 18.0 Å². The number of nitrogens with zero attached hydrogens (tertiary/aromatic N) is 2. The molecule has 0 aliphatic heterocycles. The SMILES string of the molecule is CCCCNC(=O)C(Cc1ccccc1)N(Cc1cccc(Br)c1)C(=O)CN(c1ccccc1OCC)S(=O)(=O)c1ccc(Cl)cc1.